The fourth-order valence-corrected chi connectivity index (χ4v) is 2.34. The number of rotatable bonds is 6. The second-order valence-corrected chi connectivity index (χ2v) is 6.32. The van der Waals surface area contributed by atoms with E-state index < -0.39 is 5.97 Å². The van der Waals surface area contributed by atoms with Crippen LogP contribution in [0.5, 0.6) is 0 Å². The van der Waals surface area contributed by atoms with E-state index in [9.17, 15) is 4.79 Å². The van der Waals surface area contributed by atoms with E-state index >= 15 is 0 Å². The molecule has 0 aliphatic rings. The Bertz CT molecular complexity index is 431. The number of aliphatic carboxylic acids is 1. The number of carboxylic acids is 1. The van der Waals surface area contributed by atoms with Crippen LogP contribution in [0.3, 0.4) is 0 Å². The Kier molecular flexibility index (Phi) is 5.75. The van der Waals surface area contributed by atoms with E-state index in [1.165, 1.54) is 11.1 Å². The van der Waals surface area contributed by atoms with Crippen LogP contribution in [-0.4, -0.2) is 29.1 Å². The highest BCUT2D eigenvalue weighted by molar-refractivity contribution is 5.66. The molecule has 0 aliphatic carbocycles. The Morgan fingerprint density at radius 3 is 2.20 bits per heavy atom. The van der Waals surface area contributed by atoms with E-state index in [2.05, 4.69) is 63.8 Å². The molecule has 1 aromatic carbocycles. The lowest BCUT2D eigenvalue weighted by Crippen LogP contribution is -2.29. The van der Waals surface area contributed by atoms with Gasteiger partial charge < -0.3 is 5.11 Å². The maximum atomic E-state index is 10.7. The predicted octanol–water partition coefficient (Wildman–Crippen LogP) is 3.84. The molecule has 0 amide bonds. The summed E-state index contributed by atoms with van der Waals surface area (Å²) in [6.07, 6.45) is 0.193. The van der Waals surface area contributed by atoms with E-state index in [4.69, 9.17) is 5.11 Å². The first kappa shape index (κ1) is 16.7. The van der Waals surface area contributed by atoms with Crippen LogP contribution in [0.1, 0.15) is 58.2 Å². The molecule has 0 fully saturated rings. The van der Waals surface area contributed by atoms with Gasteiger partial charge in [-0.05, 0) is 30.0 Å². The Morgan fingerprint density at radius 1 is 1.25 bits per heavy atom. The van der Waals surface area contributed by atoms with Gasteiger partial charge in [0.15, 0.2) is 0 Å². The number of carboxylic acid groups (broad SMARTS) is 1. The summed E-state index contributed by atoms with van der Waals surface area (Å²) in [4.78, 5) is 12.9. The van der Waals surface area contributed by atoms with Gasteiger partial charge in [0, 0.05) is 12.6 Å². The Balaban J connectivity index is 2.79. The van der Waals surface area contributed by atoms with Crippen LogP contribution >= 0.6 is 0 Å². The normalized spacial score (nSPS) is 13.5. The van der Waals surface area contributed by atoms with Crippen molar-refractivity contribution in [2.24, 2.45) is 0 Å². The topological polar surface area (TPSA) is 40.5 Å². The summed E-state index contributed by atoms with van der Waals surface area (Å²) in [5, 5.41) is 8.81. The van der Waals surface area contributed by atoms with Crippen LogP contribution in [0.2, 0.25) is 0 Å². The average molecular weight is 277 g/mol. The lowest BCUT2D eigenvalue weighted by Gasteiger charge is -2.28. The molecule has 3 nitrogen and oxygen atoms in total. The molecule has 1 unspecified atom stereocenters. The third kappa shape index (κ3) is 4.64. The maximum absolute atomic E-state index is 10.7. The van der Waals surface area contributed by atoms with Crippen molar-refractivity contribution in [1.29, 1.82) is 0 Å². The fraction of sp³-hybridized carbons (Fsp3) is 0.588. The molecular weight excluding hydrogens is 250 g/mol. The predicted molar refractivity (Wildman–Crippen MR) is 83.1 cm³/mol. The molecule has 1 N–H and O–H groups in total. The highest BCUT2D eigenvalue weighted by Gasteiger charge is 2.17. The third-order valence-corrected chi connectivity index (χ3v) is 3.83. The summed E-state index contributed by atoms with van der Waals surface area (Å²) in [5.74, 6) is -0.737. The molecule has 0 spiro atoms. The number of benzene rings is 1. The molecule has 0 aliphatic heterocycles. The van der Waals surface area contributed by atoms with Crippen LogP contribution in [-0.2, 0) is 10.2 Å². The first-order valence-electron chi connectivity index (χ1n) is 7.32. The zero-order valence-corrected chi connectivity index (χ0v) is 13.3. The lowest BCUT2D eigenvalue weighted by atomic mass is 9.86. The van der Waals surface area contributed by atoms with Crippen molar-refractivity contribution in [3.63, 3.8) is 0 Å². The number of hydrogen-bond acceptors (Lipinski definition) is 2. The van der Waals surface area contributed by atoms with Gasteiger partial charge in [-0.25, -0.2) is 0 Å². The monoisotopic (exact) mass is 277 g/mol. The van der Waals surface area contributed by atoms with Crippen LogP contribution in [0.25, 0.3) is 0 Å². The number of nitrogens with zero attached hydrogens (tertiary/aromatic N) is 1. The highest BCUT2D eigenvalue weighted by atomic mass is 16.4. The molecule has 1 atom stereocenters. The zero-order valence-electron chi connectivity index (χ0n) is 13.3. The van der Waals surface area contributed by atoms with Crippen molar-refractivity contribution in [3.05, 3.63) is 35.4 Å². The summed E-state index contributed by atoms with van der Waals surface area (Å²) in [6, 6.07) is 8.92. The van der Waals surface area contributed by atoms with E-state index in [1.54, 1.807) is 0 Å². The molecule has 0 heterocycles. The van der Waals surface area contributed by atoms with E-state index in [0.717, 1.165) is 6.54 Å². The van der Waals surface area contributed by atoms with E-state index in [0.29, 0.717) is 6.54 Å². The zero-order chi connectivity index (χ0) is 15.3. The fourth-order valence-electron chi connectivity index (χ4n) is 2.34. The van der Waals surface area contributed by atoms with Gasteiger partial charge in [-0.2, -0.15) is 0 Å². The maximum Gasteiger partial charge on any atom is 0.304 e. The summed E-state index contributed by atoms with van der Waals surface area (Å²) in [5.41, 5.74) is 2.72. The van der Waals surface area contributed by atoms with Crippen molar-refractivity contribution in [1.82, 2.24) is 4.90 Å². The minimum absolute atomic E-state index is 0.162. The van der Waals surface area contributed by atoms with Crippen molar-refractivity contribution in [3.8, 4) is 0 Å². The van der Waals surface area contributed by atoms with Crippen LogP contribution < -0.4 is 0 Å². The van der Waals surface area contributed by atoms with Crippen LogP contribution in [0, 0.1) is 0 Å². The smallest absolute Gasteiger partial charge is 0.304 e. The van der Waals surface area contributed by atoms with Gasteiger partial charge in [-0.3, -0.25) is 9.69 Å². The molecule has 0 radical (unpaired) electrons. The summed E-state index contributed by atoms with van der Waals surface area (Å²) < 4.78 is 0. The van der Waals surface area contributed by atoms with Crippen LogP contribution in [0.15, 0.2) is 24.3 Å². The summed E-state index contributed by atoms with van der Waals surface area (Å²) >= 11 is 0. The van der Waals surface area contributed by atoms with Crippen molar-refractivity contribution >= 4 is 5.97 Å². The van der Waals surface area contributed by atoms with Crippen molar-refractivity contribution < 1.29 is 9.90 Å². The van der Waals surface area contributed by atoms with Gasteiger partial charge in [0.25, 0.3) is 0 Å². The van der Waals surface area contributed by atoms with E-state index in [-0.39, 0.29) is 17.9 Å². The third-order valence-electron chi connectivity index (χ3n) is 3.83. The largest absolute Gasteiger partial charge is 0.481 e. The molecular formula is C17H27NO2. The standard InChI is InChI=1S/C17H27NO2/c1-6-18(12-11-16(19)20)13(2)14-7-9-15(10-8-14)17(3,4)5/h7-10,13H,6,11-12H2,1-5H3,(H,19,20). The molecule has 1 rings (SSSR count). The SMILES string of the molecule is CCN(CCC(=O)O)C(C)c1ccc(C(C)(C)C)cc1. The molecule has 0 saturated heterocycles. The first-order valence-corrected chi connectivity index (χ1v) is 7.32. The Morgan fingerprint density at radius 2 is 1.80 bits per heavy atom. The van der Waals surface area contributed by atoms with Gasteiger partial charge >= 0.3 is 5.97 Å². The minimum atomic E-state index is -0.737. The average Bonchev–Trinajstić information content (AvgIpc) is 2.38. The summed E-state index contributed by atoms with van der Waals surface area (Å²) in [6.45, 7) is 12.3. The minimum Gasteiger partial charge on any atom is -0.481 e. The van der Waals surface area contributed by atoms with Crippen molar-refractivity contribution in [2.75, 3.05) is 13.1 Å². The molecule has 0 saturated carbocycles. The lowest BCUT2D eigenvalue weighted by molar-refractivity contribution is -0.137. The Hall–Kier alpha value is -1.35. The van der Waals surface area contributed by atoms with Crippen molar-refractivity contribution in [2.45, 2.75) is 52.5 Å². The molecule has 112 valence electrons. The number of carbonyl (C=O) groups is 1. The van der Waals surface area contributed by atoms with Gasteiger partial charge in [-0.1, -0.05) is 52.0 Å². The van der Waals surface area contributed by atoms with Gasteiger partial charge in [0.05, 0.1) is 6.42 Å². The van der Waals surface area contributed by atoms with Crippen LogP contribution in [0.4, 0.5) is 0 Å². The van der Waals surface area contributed by atoms with Gasteiger partial charge in [0.1, 0.15) is 0 Å². The molecule has 0 aromatic heterocycles. The molecule has 0 bridgehead atoms. The number of hydrogen-bond donors (Lipinski definition) is 1. The second kappa shape index (κ2) is 6.89. The van der Waals surface area contributed by atoms with Gasteiger partial charge in [-0.15, -0.1) is 0 Å². The Labute approximate surface area is 122 Å². The second-order valence-electron chi connectivity index (χ2n) is 6.32. The molecule has 20 heavy (non-hydrogen) atoms. The van der Waals surface area contributed by atoms with E-state index in [1.807, 2.05) is 0 Å². The quantitative estimate of drug-likeness (QED) is 0.858. The molecule has 3 heteroatoms. The highest BCUT2D eigenvalue weighted by Crippen LogP contribution is 2.26. The first-order chi connectivity index (χ1) is 9.25. The van der Waals surface area contributed by atoms with Gasteiger partial charge in [0.2, 0.25) is 0 Å². The molecule has 1 aromatic rings. The summed E-state index contributed by atoms with van der Waals surface area (Å²) in [7, 11) is 0.